The zero-order valence-electron chi connectivity index (χ0n) is 12.5. The fraction of sp³-hybridized carbons (Fsp3) is 0.643. The maximum atomic E-state index is 5.68. The zero-order valence-corrected chi connectivity index (χ0v) is 13.3. The topological polar surface area (TPSA) is 58.3 Å². The molecule has 1 saturated heterocycles. The minimum absolute atomic E-state index is 0.333. The van der Waals surface area contributed by atoms with Gasteiger partial charge >= 0.3 is 0 Å². The van der Waals surface area contributed by atoms with Crippen molar-refractivity contribution in [1.82, 2.24) is 14.9 Å². The Morgan fingerprint density at radius 1 is 1.40 bits per heavy atom. The molecule has 0 unspecified atom stereocenters. The second-order valence-corrected chi connectivity index (χ2v) is 6.19. The molecule has 1 aliphatic heterocycles. The SMILES string of the molecule is Cc1cc(C(N)=S)nc(N2CCC(CN(C)C)CC2)n1. The average molecular weight is 293 g/mol. The third kappa shape index (κ3) is 3.86. The van der Waals surface area contributed by atoms with Crippen LogP contribution in [0.15, 0.2) is 6.07 Å². The third-order valence-electron chi connectivity index (χ3n) is 3.62. The molecule has 0 aromatic carbocycles. The zero-order chi connectivity index (χ0) is 14.7. The number of thiocarbonyl (C=S) groups is 1. The molecule has 0 radical (unpaired) electrons. The Hall–Kier alpha value is -1.27. The van der Waals surface area contributed by atoms with Crippen molar-refractivity contribution in [3.05, 3.63) is 17.5 Å². The van der Waals surface area contributed by atoms with Gasteiger partial charge in [0.2, 0.25) is 5.95 Å². The quantitative estimate of drug-likeness (QED) is 0.842. The van der Waals surface area contributed by atoms with Gasteiger partial charge in [-0.15, -0.1) is 0 Å². The Kier molecular flexibility index (Phi) is 4.88. The summed E-state index contributed by atoms with van der Waals surface area (Å²) in [6, 6.07) is 1.84. The van der Waals surface area contributed by atoms with E-state index >= 15 is 0 Å². The number of nitrogens with zero attached hydrogens (tertiary/aromatic N) is 4. The van der Waals surface area contributed by atoms with Gasteiger partial charge in [-0.1, -0.05) is 12.2 Å². The van der Waals surface area contributed by atoms with Crippen molar-refractivity contribution in [1.29, 1.82) is 0 Å². The number of rotatable bonds is 4. The Labute approximate surface area is 126 Å². The van der Waals surface area contributed by atoms with E-state index in [4.69, 9.17) is 18.0 Å². The van der Waals surface area contributed by atoms with E-state index < -0.39 is 0 Å². The van der Waals surface area contributed by atoms with Gasteiger partial charge in [-0.2, -0.15) is 0 Å². The molecule has 2 rings (SSSR count). The first-order chi connectivity index (χ1) is 9.45. The summed E-state index contributed by atoms with van der Waals surface area (Å²) in [4.78, 5) is 13.8. The molecule has 0 aliphatic carbocycles. The molecule has 1 aromatic heterocycles. The number of piperidine rings is 1. The van der Waals surface area contributed by atoms with Crippen LogP contribution in [0.4, 0.5) is 5.95 Å². The summed E-state index contributed by atoms with van der Waals surface area (Å²) in [5.74, 6) is 1.53. The first-order valence-electron chi connectivity index (χ1n) is 7.01. The summed E-state index contributed by atoms with van der Waals surface area (Å²) in [6.07, 6.45) is 2.36. The predicted octanol–water partition coefficient (Wildman–Crippen LogP) is 1.20. The van der Waals surface area contributed by atoms with Crippen molar-refractivity contribution in [3.63, 3.8) is 0 Å². The number of aryl methyl sites for hydroxylation is 1. The summed E-state index contributed by atoms with van der Waals surface area (Å²) in [5, 5.41) is 0. The Morgan fingerprint density at radius 2 is 2.05 bits per heavy atom. The van der Waals surface area contributed by atoms with Crippen molar-refractivity contribution in [2.45, 2.75) is 19.8 Å². The maximum Gasteiger partial charge on any atom is 0.226 e. The molecule has 6 heteroatoms. The highest BCUT2D eigenvalue weighted by molar-refractivity contribution is 7.80. The van der Waals surface area contributed by atoms with Crippen LogP contribution in [0.1, 0.15) is 24.2 Å². The minimum atomic E-state index is 0.333. The smallest absolute Gasteiger partial charge is 0.226 e. The molecular weight excluding hydrogens is 270 g/mol. The molecule has 2 N–H and O–H groups in total. The lowest BCUT2D eigenvalue weighted by Crippen LogP contribution is -2.38. The lowest BCUT2D eigenvalue weighted by Gasteiger charge is -2.33. The van der Waals surface area contributed by atoms with Crippen molar-refractivity contribution >= 4 is 23.2 Å². The summed E-state index contributed by atoms with van der Waals surface area (Å²) in [5.41, 5.74) is 7.25. The van der Waals surface area contributed by atoms with Crippen LogP contribution in [0.2, 0.25) is 0 Å². The highest BCUT2D eigenvalue weighted by Crippen LogP contribution is 2.21. The van der Waals surface area contributed by atoms with Crippen LogP contribution in [0.5, 0.6) is 0 Å². The van der Waals surface area contributed by atoms with Gasteiger partial charge in [-0.05, 0) is 45.8 Å². The van der Waals surface area contributed by atoms with Crippen LogP contribution < -0.4 is 10.6 Å². The Morgan fingerprint density at radius 3 is 2.60 bits per heavy atom. The van der Waals surface area contributed by atoms with Crippen LogP contribution in [-0.4, -0.2) is 53.6 Å². The van der Waals surface area contributed by atoms with Crippen LogP contribution in [0.3, 0.4) is 0 Å². The molecule has 1 aliphatic rings. The average Bonchev–Trinajstić information content (AvgIpc) is 2.38. The predicted molar refractivity (Wildman–Crippen MR) is 86.1 cm³/mol. The standard InChI is InChI=1S/C14H23N5S/c1-10-8-12(13(15)20)17-14(16-10)19-6-4-11(5-7-19)9-18(2)3/h8,11H,4-7,9H2,1-3H3,(H2,15,20). The molecule has 0 atom stereocenters. The van der Waals surface area contributed by atoms with E-state index in [9.17, 15) is 0 Å². The van der Waals surface area contributed by atoms with Gasteiger partial charge in [-0.25, -0.2) is 9.97 Å². The van der Waals surface area contributed by atoms with Crippen molar-refractivity contribution in [2.24, 2.45) is 11.7 Å². The van der Waals surface area contributed by atoms with E-state index in [1.165, 1.54) is 12.8 Å². The molecular formula is C14H23N5S. The number of nitrogens with two attached hydrogens (primary N) is 1. The monoisotopic (exact) mass is 293 g/mol. The molecule has 20 heavy (non-hydrogen) atoms. The number of hydrogen-bond acceptors (Lipinski definition) is 5. The van der Waals surface area contributed by atoms with Crippen molar-refractivity contribution in [2.75, 3.05) is 38.6 Å². The van der Waals surface area contributed by atoms with Gasteiger partial charge in [0.15, 0.2) is 0 Å². The molecule has 0 saturated carbocycles. The fourth-order valence-electron chi connectivity index (χ4n) is 2.65. The molecule has 110 valence electrons. The largest absolute Gasteiger partial charge is 0.388 e. The highest BCUT2D eigenvalue weighted by Gasteiger charge is 2.22. The van der Waals surface area contributed by atoms with Crippen LogP contribution in [0.25, 0.3) is 0 Å². The molecule has 0 bridgehead atoms. The van der Waals surface area contributed by atoms with Gasteiger partial charge in [0.1, 0.15) is 10.7 Å². The lowest BCUT2D eigenvalue weighted by molar-refractivity contribution is 0.284. The van der Waals surface area contributed by atoms with Gasteiger partial charge in [0, 0.05) is 25.3 Å². The van der Waals surface area contributed by atoms with E-state index in [0.717, 1.165) is 37.2 Å². The van der Waals surface area contributed by atoms with Crippen LogP contribution in [-0.2, 0) is 0 Å². The normalized spacial score (nSPS) is 16.7. The van der Waals surface area contributed by atoms with Crippen molar-refractivity contribution < 1.29 is 0 Å². The van der Waals surface area contributed by atoms with Gasteiger partial charge < -0.3 is 15.5 Å². The van der Waals surface area contributed by atoms with Gasteiger partial charge in [-0.3, -0.25) is 0 Å². The summed E-state index contributed by atoms with van der Waals surface area (Å²) < 4.78 is 0. The minimum Gasteiger partial charge on any atom is -0.388 e. The van der Waals surface area contributed by atoms with Crippen molar-refractivity contribution in [3.8, 4) is 0 Å². The number of anilines is 1. The highest BCUT2D eigenvalue weighted by atomic mass is 32.1. The second kappa shape index (κ2) is 6.45. The first-order valence-corrected chi connectivity index (χ1v) is 7.41. The molecule has 1 aromatic rings. The molecule has 2 heterocycles. The van der Waals surface area contributed by atoms with E-state index in [-0.39, 0.29) is 0 Å². The molecule has 0 spiro atoms. The summed E-state index contributed by atoms with van der Waals surface area (Å²) >= 11 is 5.01. The van der Waals surface area contributed by atoms with E-state index in [1.54, 1.807) is 0 Å². The summed E-state index contributed by atoms with van der Waals surface area (Å²) in [7, 11) is 4.26. The molecule has 0 amide bonds. The maximum absolute atomic E-state index is 5.68. The Bertz CT molecular complexity index is 480. The van der Waals surface area contributed by atoms with Gasteiger partial charge in [0.05, 0.1) is 0 Å². The summed E-state index contributed by atoms with van der Waals surface area (Å²) in [6.45, 7) is 5.10. The van der Waals surface area contributed by atoms with Crippen LogP contribution >= 0.6 is 12.2 Å². The van der Waals surface area contributed by atoms with E-state index in [1.807, 2.05) is 13.0 Å². The van der Waals surface area contributed by atoms with Gasteiger partial charge in [0.25, 0.3) is 0 Å². The fourth-order valence-corrected chi connectivity index (χ4v) is 2.76. The Balaban J connectivity index is 2.05. The number of aromatic nitrogens is 2. The second-order valence-electron chi connectivity index (χ2n) is 5.75. The lowest BCUT2D eigenvalue weighted by atomic mass is 9.97. The molecule has 1 fully saturated rings. The third-order valence-corrected chi connectivity index (χ3v) is 3.82. The molecule has 5 nitrogen and oxygen atoms in total. The van der Waals surface area contributed by atoms with E-state index in [2.05, 4.69) is 33.9 Å². The van der Waals surface area contributed by atoms with E-state index in [0.29, 0.717) is 10.7 Å². The number of hydrogen-bond donors (Lipinski definition) is 1. The first kappa shape index (κ1) is 15.1. The van der Waals surface area contributed by atoms with Crippen LogP contribution in [0, 0.1) is 12.8 Å².